The fraction of sp³-hybridized carbons (Fsp3) is 0.250. The summed E-state index contributed by atoms with van der Waals surface area (Å²) >= 11 is 0. The first-order valence-electron chi connectivity index (χ1n) is 6.53. The molecule has 0 aliphatic carbocycles. The van der Waals surface area contributed by atoms with Gasteiger partial charge in [0.1, 0.15) is 17.2 Å². The van der Waals surface area contributed by atoms with Crippen molar-refractivity contribution >= 4 is 5.69 Å². The molecule has 0 saturated heterocycles. The van der Waals surface area contributed by atoms with Gasteiger partial charge in [-0.3, -0.25) is 10.1 Å². The molecule has 0 radical (unpaired) electrons. The summed E-state index contributed by atoms with van der Waals surface area (Å²) < 4.78 is 5.79. The molecule has 0 atom stereocenters. The SMILES string of the molecule is CC(C)(C)c1cc(O)ccc1Oc1ccc([N+](=O)[O-])cc1. The van der Waals surface area contributed by atoms with Crippen LogP contribution in [0.3, 0.4) is 0 Å². The molecule has 2 aromatic rings. The van der Waals surface area contributed by atoms with Crippen LogP contribution in [-0.4, -0.2) is 10.0 Å². The van der Waals surface area contributed by atoms with E-state index in [0.717, 1.165) is 5.56 Å². The van der Waals surface area contributed by atoms with Crippen molar-refractivity contribution in [2.45, 2.75) is 26.2 Å². The summed E-state index contributed by atoms with van der Waals surface area (Å²) in [5.41, 5.74) is 0.680. The highest BCUT2D eigenvalue weighted by Gasteiger charge is 2.20. The average Bonchev–Trinajstić information content (AvgIpc) is 2.40. The predicted molar refractivity (Wildman–Crippen MR) is 80.0 cm³/mol. The lowest BCUT2D eigenvalue weighted by atomic mass is 9.86. The predicted octanol–water partition coefficient (Wildman–Crippen LogP) is 4.39. The summed E-state index contributed by atoms with van der Waals surface area (Å²) in [5, 5.41) is 20.3. The van der Waals surface area contributed by atoms with Crippen molar-refractivity contribution in [3.05, 3.63) is 58.1 Å². The molecular weight excluding hydrogens is 270 g/mol. The number of non-ortho nitro benzene ring substituents is 1. The van der Waals surface area contributed by atoms with Crippen LogP contribution < -0.4 is 4.74 Å². The van der Waals surface area contributed by atoms with Crippen LogP contribution >= 0.6 is 0 Å². The van der Waals surface area contributed by atoms with Crippen molar-refractivity contribution in [2.75, 3.05) is 0 Å². The molecule has 0 spiro atoms. The van der Waals surface area contributed by atoms with E-state index in [0.29, 0.717) is 11.5 Å². The van der Waals surface area contributed by atoms with Crippen molar-refractivity contribution in [3.63, 3.8) is 0 Å². The van der Waals surface area contributed by atoms with Gasteiger partial charge in [-0.1, -0.05) is 20.8 Å². The number of phenolic OH excluding ortho intramolecular Hbond substituents is 1. The second kappa shape index (κ2) is 5.44. The van der Waals surface area contributed by atoms with Gasteiger partial charge in [0.15, 0.2) is 0 Å². The number of nitro groups is 1. The van der Waals surface area contributed by atoms with E-state index in [1.165, 1.54) is 12.1 Å². The quantitative estimate of drug-likeness (QED) is 0.671. The van der Waals surface area contributed by atoms with Crippen LogP contribution in [0.15, 0.2) is 42.5 Å². The van der Waals surface area contributed by atoms with Gasteiger partial charge in [-0.15, -0.1) is 0 Å². The third-order valence-electron chi connectivity index (χ3n) is 3.05. The van der Waals surface area contributed by atoms with E-state index in [9.17, 15) is 15.2 Å². The fourth-order valence-electron chi connectivity index (χ4n) is 1.96. The third kappa shape index (κ3) is 3.51. The first-order chi connectivity index (χ1) is 9.77. The highest BCUT2D eigenvalue weighted by Crippen LogP contribution is 2.36. The normalized spacial score (nSPS) is 11.2. The zero-order chi connectivity index (χ0) is 15.6. The number of nitrogens with zero attached hydrogens (tertiary/aromatic N) is 1. The van der Waals surface area contributed by atoms with Crippen LogP contribution in [0, 0.1) is 10.1 Å². The van der Waals surface area contributed by atoms with Crippen molar-refractivity contribution in [2.24, 2.45) is 0 Å². The first-order valence-corrected chi connectivity index (χ1v) is 6.53. The number of ether oxygens (including phenoxy) is 1. The van der Waals surface area contributed by atoms with E-state index in [4.69, 9.17) is 4.74 Å². The van der Waals surface area contributed by atoms with Gasteiger partial charge in [-0.25, -0.2) is 0 Å². The number of phenols is 1. The molecule has 5 heteroatoms. The molecule has 110 valence electrons. The Balaban J connectivity index is 2.33. The van der Waals surface area contributed by atoms with Gasteiger partial charge in [-0.05, 0) is 35.7 Å². The van der Waals surface area contributed by atoms with Gasteiger partial charge in [0.05, 0.1) is 4.92 Å². The Hall–Kier alpha value is -2.56. The number of hydrogen-bond donors (Lipinski definition) is 1. The number of benzene rings is 2. The van der Waals surface area contributed by atoms with Crippen LogP contribution in [0.2, 0.25) is 0 Å². The van der Waals surface area contributed by atoms with E-state index in [1.54, 1.807) is 30.3 Å². The molecule has 21 heavy (non-hydrogen) atoms. The smallest absolute Gasteiger partial charge is 0.269 e. The van der Waals surface area contributed by atoms with Crippen molar-refractivity contribution in [1.82, 2.24) is 0 Å². The van der Waals surface area contributed by atoms with Crippen LogP contribution in [0.25, 0.3) is 0 Å². The maximum Gasteiger partial charge on any atom is 0.269 e. The molecule has 0 amide bonds. The highest BCUT2D eigenvalue weighted by molar-refractivity contribution is 5.46. The summed E-state index contributed by atoms with van der Waals surface area (Å²) in [7, 11) is 0. The maximum atomic E-state index is 10.6. The highest BCUT2D eigenvalue weighted by atomic mass is 16.6. The lowest BCUT2D eigenvalue weighted by Gasteiger charge is -2.22. The van der Waals surface area contributed by atoms with Crippen LogP contribution in [0.1, 0.15) is 26.3 Å². The van der Waals surface area contributed by atoms with Gasteiger partial charge in [0.25, 0.3) is 5.69 Å². The van der Waals surface area contributed by atoms with Crippen molar-refractivity contribution < 1.29 is 14.8 Å². The lowest BCUT2D eigenvalue weighted by Crippen LogP contribution is -2.12. The first kappa shape index (κ1) is 14.8. The molecule has 1 N–H and O–H groups in total. The summed E-state index contributed by atoms with van der Waals surface area (Å²) in [6.45, 7) is 6.05. The molecular formula is C16H17NO4. The Bertz CT molecular complexity index is 657. The van der Waals surface area contributed by atoms with E-state index in [1.807, 2.05) is 20.8 Å². The minimum Gasteiger partial charge on any atom is -0.508 e. The molecule has 0 bridgehead atoms. The minimum atomic E-state index is -0.453. The number of rotatable bonds is 3. The van der Waals surface area contributed by atoms with Crippen LogP contribution in [0.4, 0.5) is 5.69 Å². The zero-order valence-electron chi connectivity index (χ0n) is 12.2. The van der Waals surface area contributed by atoms with Gasteiger partial charge in [0.2, 0.25) is 0 Å². The molecule has 0 heterocycles. The fourth-order valence-corrected chi connectivity index (χ4v) is 1.96. The summed E-state index contributed by atoms with van der Waals surface area (Å²) in [6, 6.07) is 10.8. The lowest BCUT2D eigenvalue weighted by molar-refractivity contribution is -0.384. The second-order valence-electron chi connectivity index (χ2n) is 5.78. The van der Waals surface area contributed by atoms with Gasteiger partial charge in [0, 0.05) is 17.7 Å². The number of aromatic hydroxyl groups is 1. The largest absolute Gasteiger partial charge is 0.508 e. The van der Waals surface area contributed by atoms with Gasteiger partial charge in [-0.2, -0.15) is 0 Å². The monoisotopic (exact) mass is 287 g/mol. The zero-order valence-corrected chi connectivity index (χ0v) is 12.2. The number of nitro benzene ring substituents is 1. The Morgan fingerprint density at radius 1 is 1.10 bits per heavy atom. The molecule has 2 rings (SSSR count). The third-order valence-corrected chi connectivity index (χ3v) is 3.05. The Morgan fingerprint density at radius 3 is 2.24 bits per heavy atom. The van der Waals surface area contributed by atoms with E-state index >= 15 is 0 Å². The molecule has 0 fully saturated rings. The van der Waals surface area contributed by atoms with Crippen molar-refractivity contribution in [3.8, 4) is 17.2 Å². The molecule has 2 aromatic carbocycles. The van der Waals surface area contributed by atoms with Crippen molar-refractivity contribution in [1.29, 1.82) is 0 Å². The van der Waals surface area contributed by atoms with Gasteiger partial charge < -0.3 is 9.84 Å². The average molecular weight is 287 g/mol. The molecule has 0 aliphatic rings. The minimum absolute atomic E-state index is 0.0177. The second-order valence-corrected chi connectivity index (χ2v) is 5.78. The van der Waals surface area contributed by atoms with Crippen LogP contribution in [0.5, 0.6) is 17.2 Å². The standard InChI is InChI=1S/C16H17NO4/c1-16(2,3)14-10-12(18)6-9-15(14)21-13-7-4-11(5-8-13)17(19)20/h4-10,18H,1-3H3. The molecule has 0 saturated carbocycles. The van der Waals surface area contributed by atoms with E-state index in [2.05, 4.69) is 0 Å². The molecule has 0 aliphatic heterocycles. The Morgan fingerprint density at radius 2 is 1.71 bits per heavy atom. The van der Waals surface area contributed by atoms with Gasteiger partial charge >= 0.3 is 0 Å². The molecule has 0 unspecified atom stereocenters. The van der Waals surface area contributed by atoms with Crippen LogP contribution in [-0.2, 0) is 5.41 Å². The summed E-state index contributed by atoms with van der Waals surface area (Å²) in [4.78, 5) is 10.2. The maximum absolute atomic E-state index is 10.6. The van der Waals surface area contributed by atoms with E-state index in [-0.39, 0.29) is 16.9 Å². The van der Waals surface area contributed by atoms with E-state index < -0.39 is 4.92 Å². The summed E-state index contributed by atoms with van der Waals surface area (Å²) in [5.74, 6) is 1.31. The topological polar surface area (TPSA) is 72.6 Å². The Kier molecular flexibility index (Phi) is 3.84. The molecule has 0 aromatic heterocycles. The number of hydrogen-bond acceptors (Lipinski definition) is 4. The summed E-state index contributed by atoms with van der Waals surface area (Å²) in [6.07, 6.45) is 0. The Labute approximate surface area is 123 Å². The molecule has 5 nitrogen and oxygen atoms in total.